The van der Waals surface area contributed by atoms with Gasteiger partial charge in [-0.15, -0.1) is 0 Å². The minimum absolute atomic E-state index is 0.000780. The maximum Gasteiger partial charge on any atom is 0.243 e. The van der Waals surface area contributed by atoms with Gasteiger partial charge in [-0.2, -0.15) is 4.31 Å². The monoisotopic (exact) mass is 391 g/mol. The molecule has 0 spiro atoms. The van der Waals surface area contributed by atoms with Crippen LogP contribution in [0, 0.1) is 0 Å². The zero-order valence-corrected chi connectivity index (χ0v) is 17.0. The maximum absolute atomic E-state index is 13.1. The predicted molar refractivity (Wildman–Crippen MR) is 105 cm³/mol. The highest BCUT2D eigenvalue weighted by Crippen LogP contribution is 2.35. The second-order valence-corrected chi connectivity index (χ2v) is 10.0. The number of anilines is 1. The first-order chi connectivity index (χ1) is 12.9. The molecule has 27 heavy (non-hydrogen) atoms. The fourth-order valence-corrected chi connectivity index (χ4v) is 6.47. The van der Waals surface area contributed by atoms with Crippen LogP contribution in [0.25, 0.3) is 0 Å². The molecule has 2 fully saturated rings. The summed E-state index contributed by atoms with van der Waals surface area (Å²) in [6.07, 6.45) is 5.07. The zero-order chi connectivity index (χ0) is 19.2. The Labute approximate surface area is 162 Å². The summed E-state index contributed by atoms with van der Waals surface area (Å²) in [7, 11) is -3.47. The topological polar surface area (TPSA) is 60.9 Å². The Bertz CT molecular complexity index is 825. The van der Waals surface area contributed by atoms with E-state index in [9.17, 15) is 13.2 Å². The number of hydrogen-bond acceptors (Lipinski definition) is 4. The molecule has 7 heteroatoms. The van der Waals surface area contributed by atoms with Gasteiger partial charge in [-0.25, -0.2) is 8.42 Å². The summed E-state index contributed by atoms with van der Waals surface area (Å²) >= 11 is 0. The molecule has 148 valence electrons. The molecular weight excluding hydrogens is 362 g/mol. The highest BCUT2D eigenvalue weighted by molar-refractivity contribution is 7.89. The molecule has 1 atom stereocenters. The number of sulfonamides is 1. The first kappa shape index (κ1) is 18.9. The lowest BCUT2D eigenvalue weighted by Gasteiger charge is -2.36. The zero-order valence-electron chi connectivity index (χ0n) is 16.2. The van der Waals surface area contributed by atoms with Crippen LogP contribution < -0.4 is 4.90 Å². The fourth-order valence-electron chi connectivity index (χ4n) is 4.95. The average Bonchev–Trinajstić information content (AvgIpc) is 3.28. The van der Waals surface area contributed by atoms with Crippen LogP contribution in [0.15, 0.2) is 23.1 Å². The van der Waals surface area contributed by atoms with Gasteiger partial charge < -0.3 is 9.80 Å². The van der Waals surface area contributed by atoms with Crippen LogP contribution in [-0.4, -0.2) is 61.8 Å². The lowest BCUT2D eigenvalue weighted by molar-refractivity contribution is -0.116. The third kappa shape index (κ3) is 3.41. The molecule has 0 aromatic heterocycles. The number of rotatable bonds is 3. The van der Waals surface area contributed by atoms with Crippen molar-refractivity contribution in [2.24, 2.45) is 0 Å². The van der Waals surface area contributed by atoms with E-state index in [4.69, 9.17) is 0 Å². The predicted octanol–water partition coefficient (Wildman–Crippen LogP) is 2.23. The third-order valence-corrected chi connectivity index (χ3v) is 8.22. The number of carbonyl (C=O) groups is 1. The van der Waals surface area contributed by atoms with Crippen LogP contribution in [0.2, 0.25) is 0 Å². The molecular formula is C20H29N3O3S. The summed E-state index contributed by atoms with van der Waals surface area (Å²) in [4.78, 5) is 16.5. The van der Waals surface area contributed by atoms with Crippen molar-refractivity contribution in [2.75, 3.05) is 31.1 Å². The van der Waals surface area contributed by atoms with Gasteiger partial charge in [-0.05, 0) is 75.9 Å². The van der Waals surface area contributed by atoms with E-state index in [2.05, 4.69) is 4.90 Å². The van der Waals surface area contributed by atoms with Crippen LogP contribution in [-0.2, 0) is 21.2 Å². The molecule has 1 unspecified atom stereocenters. The number of piperidine rings is 1. The number of amides is 1. The lowest BCUT2D eigenvalue weighted by Crippen LogP contribution is -2.45. The summed E-state index contributed by atoms with van der Waals surface area (Å²) in [6, 6.07) is 5.84. The molecule has 3 heterocycles. The van der Waals surface area contributed by atoms with Crippen LogP contribution in [0.1, 0.15) is 45.1 Å². The van der Waals surface area contributed by atoms with Crippen molar-refractivity contribution >= 4 is 21.6 Å². The standard InChI is InChI=1S/C20H29N3O3S/c1-15-13-17-14-19(5-6-20(17)23(15)16(2)24)27(25,26)22-11-7-18(8-12-22)21-9-3-4-10-21/h5-6,14-15,18H,3-4,7-13H2,1-2H3. The molecule has 2 saturated heterocycles. The molecule has 1 aromatic carbocycles. The number of fused-ring (bicyclic) bond motifs is 1. The van der Waals surface area contributed by atoms with Crippen molar-refractivity contribution in [1.82, 2.24) is 9.21 Å². The molecule has 4 rings (SSSR count). The Morgan fingerprint density at radius 3 is 2.37 bits per heavy atom. The Morgan fingerprint density at radius 2 is 1.74 bits per heavy atom. The minimum Gasteiger partial charge on any atom is -0.309 e. The number of hydrogen-bond donors (Lipinski definition) is 0. The van der Waals surface area contributed by atoms with E-state index in [1.54, 1.807) is 34.3 Å². The van der Waals surface area contributed by atoms with E-state index in [-0.39, 0.29) is 11.9 Å². The van der Waals surface area contributed by atoms with Crippen molar-refractivity contribution in [3.8, 4) is 0 Å². The molecule has 0 radical (unpaired) electrons. The largest absolute Gasteiger partial charge is 0.309 e. The molecule has 0 aliphatic carbocycles. The molecule has 1 aromatic rings. The van der Waals surface area contributed by atoms with Gasteiger partial charge in [-0.1, -0.05) is 0 Å². The highest BCUT2D eigenvalue weighted by Gasteiger charge is 2.34. The Hall–Kier alpha value is -1.44. The van der Waals surface area contributed by atoms with Gasteiger partial charge in [0.15, 0.2) is 0 Å². The molecule has 3 aliphatic rings. The Morgan fingerprint density at radius 1 is 1.07 bits per heavy atom. The second-order valence-electron chi connectivity index (χ2n) is 8.11. The molecule has 0 bridgehead atoms. The SMILES string of the molecule is CC(=O)N1c2ccc(S(=O)(=O)N3CCC(N4CCCC4)CC3)cc2CC1C. The molecule has 6 nitrogen and oxygen atoms in total. The van der Waals surface area contributed by atoms with Crippen LogP contribution in [0.5, 0.6) is 0 Å². The van der Waals surface area contributed by atoms with E-state index >= 15 is 0 Å². The van der Waals surface area contributed by atoms with Gasteiger partial charge in [0.05, 0.1) is 4.90 Å². The van der Waals surface area contributed by atoms with Gasteiger partial charge in [0.1, 0.15) is 0 Å². The summed E-state index contributed by atoms with van der Waals surface area (Å²) in [5.41, 5.74) is 1.80. The van der Waals surface area contributed by atoms with Gasteiger partial charge in [0, 0.05) is 37.8 Å². The van der Waals surface area contributed by atoms with Crippen molar-refractivity contribution in [1.29, 1.82) is 0 Å². The first-order valence-electron chi connectivity index (χ1n) is 10.0. The average molecular weight is 392 g/mol. The summed E-state index contributed by atoms with van der Waals surface area (Å²) in [5.74, 6) is 0.000780. The van der Waals surface area contributed by atoms with Crippen LogP contribution in [0.4, 0.5) is 5.69 Å². The van der Waals surface area contributed by atoms with Gasteiger partial charge in [0.25, 0.3) is 0 Å². The van der Waals surface area contributed by atoms with Gasteiger partial charge in [-0.3, -0.25) is 4.79 Å². The van der Waals surface area contributed by atoms with E-state index in [1.807, 2.05) is 6.92 Å². The van der Waals surface area contributed by atoms with Crippen molar-refractivity contribution in [2.45, 2.75) is 62.9 Å². The van der Waals surface area contributed by atoms with Crippen molar-refractivity contribution in [3.63, 3.8) is 0 Å². The number of likely N-dealkylation sites (tertiary alicyclic amines) is 1. The highest BCUT2D eigenvalue weighted by atomic mass is 32.2. The van der Waals surface area contributed by atoms with Gasteiger partial charge in [0.2, 0.25) is 15.9 Å². The number of carbonyl (C=O) groups excluding carboxylic acids is 1. The second kappa shape index (κ2) is 7.18. The minimum atomic E-state index is -3.47. The summed E-state index contributed by atoms with van der Waals surface area (Å²) < 4.78 is 27.9. The van der Waals surface area contributed by atoms with E-state index < -0.39 is 10.0 Å². The molecule has 1 amide bonds. The van der Waals surface area contributed by atoms with E-state index in [0.717, 1.165) is 37.2 Å². The summed E-state index contributed by atoms with van der Waals surface area (Å²) in [5, 5.41) is 0. The van der Waals surface area contributed by atoms with Gasteiger partial charge >= 0.3 is 0 Å². The fraction of sp³-hybridized carbons (Fsp3) is 0.650. The lowest BCUT2D eigenvalue weighted by atomic mass is 10.1. The quantitative estimate of drug-likeness (QED) is 0.793. The van der Waals surface area contributed by atoms with Crippen LogP contribution >= 0.6 is 0 Å². The normalized spacial score (nSPS) is 25.1. The Balaban J connectivity index is 1.50. The van der Waals surface area contributed by atoms with Crippen molar-refractivity contribution < 1.29 is 13.2 Å². The van der Waals surface area contributed by atoms with Crippen molar-refractivity contribution in [3.05, 3.63) is 23.8 Å². The molecule has 0 saturated carbocycles. The Kier molecular flexibility index (Phi) is 5.03. The number of nitrogens with zero attached hydrogens (tertiary/aromatic N) is 3. The van der Waals surface area contributed by atoms with Crippen LogP contribution in [0.3, 0.4) is 0 Å². The smallest absolute Gasteiger partial charge is 0.243 e. The molecule has 0 N–H and O–H groups in total. The third-order valence-electron chi connectivity index (χ3n) is 6.32. The van der Waals surface area contributed by atoms with E-state index in [0.29, 0.717) is 30.4 Å². The molecule has 3 aliphatic heterocycles. The first-order valence-corrected chi connectivity index (χ1v) is 11.5. The maximum atomic E-state index is 13.1. The van der Waals surface area contributed by atoms with E-state index in [1.165, 1.54) is 12.8 Å². The summed E-state index contributed by atoms with van der Waals surface area (Å²) in [6.45, 7) is 7.06. The number of benzene rings is 1.